The van der Waals surface area contributed by atoms with Crippen LogP contribution in [0.3, 0.4) is 0 Å². The molecule has 6 aromatic carbocycles. The molecule has 9 rings (SSSR count). The van der Waals surface area contributed by atoms with Crippen LogP contribution in [0.15, 0.2) is 133 Å². The lowest BCUT2D eigenvalue weighted by Crippen LogP contribution is -2.30. The van der Waals surface area contributed by atoms with Crippen LogP contribution in [0.2, 0.25) is 0 Å². The molecule has 7 aromatic rings. The molecule has 2 heteroatoms. The number of para-hydroxylation sites is 3. The number of aromatic nitrogens is 1. The summed E-state index contributed by atoms with van der Waals surface area (Å²) in [6, 6.07) is 49.5. The standard InChI is InChI=1S/C42H34N2/c1-41(2)32-16-8-11-19-37(32)43(38-20-12-9-17-33(38)41)29-22-23-36-30(26-29)31-24-28(27-14-6-5-7-15-27)25-35-40(31)44(36)39-21-13-10-18-34(39)42(35,3)4/h5-26H,1-4H3. The van der Waals surface area contributed by atoms with Gasteiger partial charge in [-0.05, 0) is 81.9 Å². The molecular weight excluding hydrogens is 532 g/mol. The summed E-state index contributed by atoms with van der Waals surface area (Å²) in [6.07, 6.45) is 0. The van der Waals surface area contributed by atoms with Crippen molar-refractivity contribution < 1.29 is 0 Å². The van der Waals surface area contributed by atoms with E-state index in [1.807, 2.05) is 0 Å². The Morgan fingerprint density at radius 1 is 0.432 bits per heavy atom. The molecule has 0 radical (unpaired) electrons. The predicted molar refractivity (Wildman–Crippen MR) is 185 cm³/mol. The van der Waals surface area contributed by atoms with Crippen molar-refractivity contribution in [1.29, 1.82) is 0 Å². The van der Waals surface area contributed by atoms with Crippen LogP contribution in [0.5, 0.6) is 0 Å². The smallest absolute Gasteiger partial charge is 0.0582 e. The average molecular weight is 567 g/mol. The largest absolute Gasteiger partial charge is 0.310 e. The Labute approximate surface area is 258 Å². The highest BCUT2D eigenvalue weighted by molar-refractivity contribution is 6.14. The normalized spacial score (nSPS) is 15.6. The lowest BCUT2D eigenvalue weighted by molar-refractivity contribution is 0.630. The van der Waals surface area contributed by atoms with E-state index in [1.165, 1.54) is 77.9 Å². The van der Waals surface area contributed by atoms with Gasteiger partial charge in [0.25, 0.3) is 0 Å². The summed E-state index contributed by atoms with van der Waals surface area (Å²) in [5.41, 5.74) is 15.3. The molecule has 0 N–H and O–H groups in total. The molecule has 0 unspecified atom stereocenters. The zero-order chi connectivity index (χ0) is 29.8. The van der Waals surface area contributed by atoms with Gasteiger partial charge in [-0.2, -0.15) is 0 Å². The quantitative estimate of drug-likeness (QED) is 0.202. The summed E-state index contributed by atoms with van der Waals surface area (Å²) < 4.78 is 2.51. The second kappa shape index (κ2) is 8.74. The van der Waals surface area contributed by atoms with Crippen molar-refractivity contribution in [2.75, 3.05) is 4.90 Å². The zero-order valence-corrected chi connectivity index (χ0v) is 25.6. The van der Waals surface area contributed by atoms with Gasteiger partial charge in [-0.1, -0.05) is 113 Å². The first-order valence-electron chi connectivity index (χ1n) is 15.6. The molecule has 212 valence electrons. The Hall–Kier alpha value is -5.08. The number of benzene rings is 6. The average Bonchev–Trinajstić information content (AvgIpc) is 3.38. The van der Waals surface area contributed by atoms with E-state index < -0.39 is 0 Å². The fourth-order valence-corrected chi connectivity index (χ4v) is 8.09. The highest BCUT2D eigenvalue weighted by Crippen LogP contribution is 2.53. The highest BCUT2D eigenvalue weighted by atomic mass is 15.2. The first-order valence-corrected chi connectivity index (χ1v) is 15.6. The lowest BCUT2D eigenvalue weighted by Gasteiger charge is -2.42. The van der Waals surface area contributed by atoms with E-state index in [1.54, 1.807) is 0 Å². The van der Waals surface area contributed by atoms with E-state index >= 15 is 0 Å². The van der Waals surface area contributed by atoms with Gasteiger partial charge in [0.05, 0.1) is 28.1 Å². The van der Waals surface area contributed by atoms with Crippen molar-refractivity contribution in [2.24, 2.45) is 0 Å². The van der Waals surface area contributed by atoms with E-state index in [0.717, 1.165) is 0 Å². The summed E-state index contributed by atoms with van der Waals surface area (Å²) in [5.74, 6) is 0. The molecule has 1 aromatic heterocycles. The molecule has 2 aliphatic rings. The van der Waals surface area contributed by atoms with Crippen LogP contribution in [0, 0.1) is 0 Å². The van der Waals surface area contributed by atoms with Gasteiger partial charge in [0, 0.05) is 27.3 Å². The number of rotatable bonds is 2. The number of anilines is 3. The van der Waals surface area contributed by atoms with Gasteiger partial charge in [0.15, 0.2) is 0 Å². The van der Waals surface area contributed by atoms with E-state index in [9.17, 15) is 0 Å². The van der Waals surface area contributed by atoms with Crippen molar-refractivity contribution in [1.82, 2.24) is 4.57 Å². The Bertz CT molecular complexity index is 2230. The first kappa shape index (κ1) is 25.4. The van der Waals surface area contributed by atoms with Crippen LogP contribution in [-0.2, 0) is 10.8 Å². The molecule has 0 spiro atoms. The lowest BCUT2D eigenvalue weighted by atomic mass is 9.73. The molecule has 0 fully saturated rings. The molecule has 0 amide bonds. The predicted octanol–water partition coefficient (Wildman–Crippen LogP) is 11.2. The highest BCUT2D eigenvalue weighted by Gasteiger charge is 2.38. The molecule has 0 bridgehead atoms. The van der Waals surface area contributed by atoms with Crippen LogP contribution in [0.1, 0.15) is 49.9 Å². The molecular formula is C42H34N2. The van der Waals surface area contributed by atoms with Gasteiger partial charge in [0.1, 0.15) is 0 Å². The van der Waals surface area contributed by atoms with E-state index in [2.05, 4.69) is 171 Å². The SMILES string of the molecule is CC1(C)c2ccccc2N(c2ccc3c(c2)c2cc(-c4ccccc4)cc4c2n3-c2ccccc2C4(C)C)c2ccccc21. The minimum atomic E-state index is -0.136. The van der Waals surface area contributed by atoms with Gasteiger partial charge in [-0.15, -0.1) is 0 Å². The molecule has 3 heterocycles. The monoisotopic (exact) mass is 566 g/mol. The van der Waals surface area contributed by atoms with Gasteiger partial charge >= 0.3 is 0 Å². The van der Waals surface area contributed by atoms with Crippen molar-refractivity contribution in [3.63, 3.8) is 0 Å². The van der Waals surface area contributed by atoms with Gasteiger partial charge in [-0.3, -0.25) is 0 Å². The van der Waals surface area contributed by atoms with Crippen molar-refractivity contribution in [3.05, 3.63) is 156 Å². The summed E-state index contributed by atoms with van der Waals surface area (Å²) in [5, 5.41) is 2.59. The maximum Gasteiger partial charge on any atom is 0.0582 e. The fraction of sp³-hybridized carbons (Fsp3) is 0.143. The minimum Gasteiger partial charge on any atom is -0.310 e. The topological polar surface area (TPSA) is 8.17 Å². The number of nitrogens with zero attached hydrogens (tertiary/aromatic N) is 2. The number of hydrogen-bond donors (Lipinski definition) is 0. The Morgan fingerprint density at radius 3 is 1.64 bits per heavy atom. The third-order valence-corrected chi connectivity index (χ3v) is 10.3. The van der Waals surface area contributed by atoms with Gasteiger partial charge in [-0.25, -0.2) is 0 Å². The van der Waals surface area contributed by atoms with Crippen molar-refractivity contribution in [3.8, 4) is 16.8 Å². The minimum absolute atomic E-state index is 0.0860. The van der Waals surface area contributed by atoms with Gasteiger partial charge in [0.2, 0.25) is 0 Å². The van der Waals surface area contributed by atoms with Crippen LogP contribution in [0.4, 0.5) is 17.1 Å². The van der Waals surface area contributed by atoms with Crippen LogP contribution in [0.25, 0.3) is 38.6 Å². The van der Waals surface area contributed by atoms with Crippen molar-refractivity contribution in [2.45, 2.75) is 38.5 Å². The maximum atomic E-state index is 2.51. The number of fused-ring (bicyclic) bond motifs is 7. The van der Waals surface area contributed by atoms with E-state index in [0.29, 0.717) is 0 Å². The molecule has 0 saturated carbocycles. The zero-order valence-electron chi connectivity index (χ0n) is 25.6. The van der Waals surface area contributed by atoms with Gasteiger partial charge < -0.3 is 9.47 Å². The fourth-order valence-electron chi connectivity index (χ4n) is 8.09. The molecule has 0 saturated heterocycles. The molecule has 44 heavy (non-hydrogen) atoms. The third kappa shape index (κ3) is 3.26. The Kier molecular flexibility index (Phi) is 5.05. The molecule has 0 aliphatic carbocycles. The summed E-state index contributed by atoms with van der Waals surface area (Å²) in [4.78, 5) is 2.47. The van der Waals surface area contributed by atoms with Crippen LogP contribution in [-0.4, -0.2) is 4.57 Å². The third-order valence-electron chi connectivity index (χ3n) is 10.3. The maximum absolute atomic E-state index is 2.51. The molecule has 2 nitrogen and oxygen atoms in total. The summed E-state index contributed by atoms with van der Waals surface area (Å²) in [6.45, 7) is 9.46. The van der Waals surface area contributed by atoms with E-state index in [4.69, 9.17) is 0 Å². The Morgan fingerprint density at radius 2 is 0.977 bits per heavy atom. The van der Waals surface area contributed by atoms with Crippen molar-refractivity contribution >= 4 is 38.9 Å². The second-order valence-electron chi connectivity index (χ2n) is 13.5. The first-order chi connectivity index (χ1) is 21.4. The van der Waals surface area contributed by atoms with Crippen LogP contribution < -0.4 is 4.90 Å². The number of hydrogen-bond acceptors (Lipinski definition) is 1. The summed E-state index contributed by atoms with van der Waals surface area (Å²) >= 11 is 0. The molecule has 0 atom stereocenters. The van der Waals surface area contributed by atoms with E-state index in [-0.39, 0.29) is 10.8 Å². The Balaban J connectivity index is 1.38. The van der Waals surface area contributed by atoms with Crippen LogP contribution >= 0.6 is 0 Å². The molecule has 2 aliphatic heterocycles. The summed E-state index contributed by atoms with van der Waals surface area (Å²) in [7, 11) is 0. The second-order valence-corrected chi connectivity index (χ2v) is 13.5.